The number of nitrogens with zero attached hydrogens (tertiary/aromatic N) is 2. The Balaban J connectivity index is 2.58. The first-order valence-electron chi connectivity index (χ1n) is 6.47. The number of aliphatic hydroxyl groups is 2. The van der Waals surface area contributed by atoms with Gasteiger partial charge in [-0.3, -0.25) is 4.68 Å². The van der Waals surface area contributed by atoms with E-state index in [-0.39, 0.29) is 6.61 Å². The maximum absolute atomic E-state index is 10.1. The van der Waals surface area contributed by atoms with E-state index < -0.39 is 5.60 Å². The molecule has 0 radical (unpaired) electrons. The Morgan fingerprint density at radius 3 is 2.68 bits per heavy atom. The summed E-state index contributed by atoms with van der Waals surface area (Å²) < 4.78 is 1.83. The van der Waals surface area contributed by atoms with Gasteiger partial charge in [-0.2, -0.15) is 16.9 Å². The van der Waals surface area contributed by atoms with Crippen LogP contribution in [-0.2, 0) is 13.1 Å². The Kier molecular flexibility index (Phi) is 6.32. The third kappa shape index (κ3) is 4.80. The molecule has 1 aromatic heterocycles. The molecular weight excluding hydrogens is 262 g/mol. The predicted molar refractivity (Wildman–Crippen MR) is 79.5 cm³/mol. The predicted octanol–water partition coefficient (Wildman–Crippen LogP) is 0.696. The van der Waals surface area contributed by atoms with Crippen LogP contribution < -0.4 is 5.32 Å². The molecule has 1 atom stereocenters. The van der Waals surface area contributed by atoms with E-state index in [0.29, 0.717) is 25.4 Å². The number of aliphatic hydroxyl groups excluding tert-OH is 1. The Morgan fingerprint density at radius 2 is 2.11 bits per heavy atom. The fourth-order valence-electron chi connectivity index (χ4n) is 2.12. The van der Waals surface area contributed by atoms with Crippen LogP contribution in [0.1, 0.15) is 23.9 Å². The maximum atomic E-state index is 10.1. The molecule has 0 aromatic carbocycles. The van der Waals surface area contributed by atoms with E-state index in [1.807, 2.05) is 31.7 Å². The van der Waals surface area contributed by atoms with E-state index >= 15 is 0 Å². The number of aromatic nitrogens is 2. The summed E-state index contributed by atoms with van der Waals surface area (Å²) in [6.45, 7) is 7.68. The minimum Gasteiger partial charge on any atom is -0.394 e. The monoisotopic (exact) mass is 287 g/mol. The Bertz CT molecular complexity index is 405. The molecule has 1 aromatic rings. The second-order valence-corrected chi connectivity index (χ2v) is 6.00. The van der Waals surface area contributed by atoms with Crippen LogP contribution in [0.5, 0.6) is 0 Å². The highest BCUT2D eigenvalue weighted by Gasteiger charge is 2.19. The normalized spacial score (nSPS) is 14.6. The zero-order chi connectivity index (χ0) is 14.5. The topological polar surface area (TPSA) is 70.3 Å². The van der Waals surface area contributed by atoms with Crippen LogP contribution in [0.15, 0.2) is 0 Å². The molecule has 1 rings (SSSR count). The summed E-state index contributed by atoms with van der Waals surface area (Å²) in [5.74, 6) is 0.710. The van der Waals surface area contributed by atoms with Gasteiger partial charge in [-0.05, 0) is 27.0 Å². The van der Waals surface area contributed by atoms with Crippen molar-refractivity contribution in [1.82, 2.24) is 15.1 Å². The van der Waals surface area contributed by atoms with Gasteiger partial charge >= 0.3 is 0 Å². The zero-order valence-corrected chi connectivity index (χ0v) is 13.0. The molecule has 3 N–H and O–H groups in total. The maximum Gasteiger partial charge on any atom is 0.0833 e. The molecule has 0 aliphatic rings. The summed E-state index contributed by atoms with van der Waals surface area (Å²) in [6.07, 6.45) is 1.99. The number of hydrogen-bond acceptors (Lipinski definition) is 5. The molecule has 5 nitrogen and oxygen atoms in total. The molecule has 0 bridgehead atoms. The van der Waals surface area contributed by atoms with E-state index in [9.17, 15) is 5.11 Å². The smallest absolute Gasteiger partial charge is 0.0833 e. The van der Waals surface area contributed by atoms with Gasteiger partial charge in [0.15, 0.2) is 0 Å². The lowest BCUT2D eigenvalue weighted by Crippen LogP contribution is -2.39. The fraction of sp³-hybridized carbons (Fsp3) is 0.769. The molecule has 0 aliphatic carbocycles. The summed E-state index contributed by atoms with van der Waals surface area (Å²) >= 11 is 1.64. The van der Waals surface area contributed by atoms with Crippen molar-refractivity contribution in [3.05, 3.63) is 17.0 Å². The first-order chi connectivity index (χ1) is 8.91. The van der Waals surface area contributed by atoms with Crippen molar-refractivity contribution >= 4 is 11.8 Å². The van der Waals surface area contributed by atoms with Crippen LogP contribution >= 0.6 is 11.8 Å². The minimum absolute atomic E-state index is 0.0945. The highest BCUT2D eigenvalue weighted by atomic mass is 32.2. The summed E-state index contributed by atoms with van der Waals surface area (Å²) in [6, 6.07) is 0. The van der Waals surface area contributed by atoms with E-state index in [2.05, 4.69) is 10.4 Å². The first kappa shape index (κ1) is 16.5. The fourth-order valence-corrected chi connectivity index (χ4v) is 2.85. The molecule has 110 valence electrons. The lowest BCUT2D eigenvalue weighted by Gasteiger charge is -2.22. The first-order valence-corrected chi connectivity index (χ1v) is 7.86. The quantitative estimate of drug-likeness (QED) is 0.656. The lowest BCUT2D eigenvalue weighted by atomic mass is 10.1. The van der Waals surface area contributed by atoms with Crippen molar-refractivity contribution in [2.75, 3.05) is 25.2 Å². The molecule has 1 heterocycles. The Hall–Kier alpha value is -0.560. The number of nitrogens with one attached hydrogen (secondary N) is 1. The lowest BCUT2D eigenvalue weighted by molar-refractivity contribution is 0.0845. The van der Waals surface area contributed by atoms with Crippen LogP contribution in [-0.4, -0.2) is 50.8 Å². The SMILES string of the molecule is CSCC(C)(O)CNCc1c(C)nn(CCO)c1C. The van der Waals surface area contributed by atoms with Gasteiger partial charge in [0.2, 0.25) is 0 Å². The van der Waals surface area contributed by atoms with Crippen molar-refractivity contribution in [2.24, 2.45) is 0 Å². The average Bonchev–Trinajstić information content (AvgIpc) is 2.57. The van der Waals surface area contributed by atoms with Gasteiger partial charge in [-0.25, -0.2) is 0 Å². The summed E-state index contributed by atoms with van der Waals surface area (Å²) in [5, 5.41) is 26.7. The molecule has 6 heteroatoms. The van der Waals surface area contributed by atoms with Crippen LogP contribution in [0, 0.1) is 13.8 Å². The molecule has 1 unspecified atom stereocenters. The van der Waals surface area contributed by atoms with E-state index in [4.69, 9.17) is 5.11 Å². The Labute approximate surface area is 119 Å². The van der Waals surface area contributed by atoms with E-state index in [1.165, 1.54) is 0 Å². The molecule has 0 saturated heterocycles. The molecule has 0 fully saturated rings. The van der Waals surface area contributed by atoms with E-state index in [1.54, 1.807) is 11.8 Å². The minimum atomic E-state index is -0.692. The van der Waals surface area contributed by atoms with Crippen molar-refractivity contribution in [1.29, 1.82) is 0 Å². The van der Waals surface area contributed by atoms with Crippen LogP contribution in [0.4, 0.5) is 0 Å². The summed E-state index contributed by atoms with van der Waals surface area (Å²) in [4.78, 5) is 0. The van der Waals surface area contributed by atoms with Gasteiger partial charge in [-0.15, -0.1) is 0 Å². The van der Waals surface area contributed by atoms with Crippen LogP contribution in [0.2, 0.25) is 0 Å². The van der Waals surface area contributed by atoms with Gasteiger partial charge < -0.3 is 15.5 Å². The second-order valence-electron chi connectivity index (χ2n) is 5.13. The van der Waals surface area contributed by atoms with Crippen LogP contribution in [0.25, 0.3) is 0 Å². The van der Waals surface area contributed by atoms with Gasteiger partial charge in [-0.1, -0.05) is 0 Å². The molecule has 0 aliphatic heterocycles. The standard InChI is InChI=1S/C13H25N3O2S/c1-10-12(11(2)16(15-10)5-6-17)7-14-8-13(3,18)9-19-4/h14,17-18H,5-9H2,1-4H3. The molecule has 0 spiro atoms. The number of hydrogen-bond donors (Lipinski definition) is 3. The van der Waals surface area contributed by atoms with Gasteiger partial charge in [0.1, 0.15) is 0 Å². The van der Waals surface area contributed by atoms with Crippen molar-refractivity contribution in [3.63, 3.8) is 0 Å². The summed E-state index contributed by atoms with van der Waals surface area (Å²) in [7, 11) is 0. The number of thioether (sulfide) groups is 1. The largest absolute Gasteiger partial charge is 0.394 e. The van der Waals surface area contributed by atoms with Gasteiger partial charge in [0.25, 0.3) is 0 Å². The molecular formula is C13H25N3O2S. The van der Waals surface area contributed by atoms with Crippen LogP contribution in [0.3, 0.4) is 0 Å². The number of rotatable bonds is 8. The summed E-state index contributed by atoms with van der Waals surface area (Å²) in [5.41, 5.74) is 2.50. The Morgan fingerprint density at radius 1 is 1.42 bits per heavy atom. The van der Waals surface area contributed by atoms with Crippen molar-refractivity contribution < 1.29 is 10.2 Å². The third-order valence-electron chi connectivity index (χ3n) is 3.11. The zero-order valence-electron chi connectivity index (χ0n) is 12.2. The van der Waals surface area contributed by atoms with E-state index in [0.717, 1.165) is 17.0 Å². The molecule has 0 amide bonds. The van der Waals surface area contributed by atoms with Crippen molar-refractivity contribution in [3.8, 4) is 0 Å². The highest BCUT2D eigenvalue weighted by Crippen LogP contribution is 2.14. The molecule has 0 saturated carbocycles. The van der Waals surface area contributed by atoms with Gasteiger partial charge in [0, 0.05) is 30.1 Å². The number of aryl methyl sites for hydroxylation is 1. The second kappa shape index (κ2) is 7.28. The molecule has 19 heavy (non-hydrogen) atoms. The third-order valence-corrected chi connectivity index (χ3v) is 4.02. The van der Waals surface area contributed by atoms with Gasteiger partial charge in [0.05, 0.1) is 24.4 Å². The van der Waals surface area contributed by atoms with Crippen molar-refractivity contribution in [2.45, 2.75) is 39.5 Å². The average molecular weight is 287 g/mol. The highest BCUT2D eigenvalue weighted by molar-refractivity contribution is 7.98.